The number of anilines is 2. The lowest BCUT2D eigenvalue weighted by molar-refractivity contribution is -0.140. The van der Waals surface area contributed by atoms with Gasteiger partial charge in [0.15, 0.2) is 0 Å². The van der Waals surface area contributed by atoms with Crippen LogP contribution in [0.5, 0.6) is 0 Å². The second kappa shape index (κ2) is 7.58. The molecule has 1 aromatic carbocycles. The molecule has 0 unspecified atom stereocenters. The Bertz CT molecular complexity index is 837. The molecule has 4 rings (SSSR count). The van der Waals surface area contributed by atoms with Gasteiger partial charge < -0.3 is 10.2 Å². The van der Waals surface area contributed by atoms with Gasteiger partial charge in [-0.15, -0.1) is 0 Å². The summed E-state index contributed by atoms with van der Waals surface area (Å²) in [5.74, 6) is -1.13. The van der Waals surface area contributed by atoms with E-state index in [-0.39, 0.29) is 48.4 Å². The normalized spacial score (nSPS) is 24.1. The Balaban J connectivity index is 1.39. The first-order chi connectivity index (χ1) is 13.6. The van der Waals surface area contributed by atoms with E-state index >= 15 is 0 Å². The summed E-state index contributed by atoms with van der Waals surface area (Å²) >= 11 is 0. The number of benzene rings is 1. The number of carbonyl (C=O) groups is 4. The van der Waals surface area contributed by atoms with Crippen molar-refractivity contribution < 1.29 is 19.2 Å². The van der Waals surface area contributed by atoms with Gasteiger partial charge in [0.1, 0.15) is 0 Å². The maximum absolute atomic E-state index is 12.5. The smallest absolute Gasteiger partial charge is 0.233 e. The number of amides is 4. The number of nitrogens with zero attached hydrogens (tertiary/aromatic N) is 2. The molecule has 2 atom stereocenters. The zero-order valence-electron chi connectivity index (χ0n) is 15.6. The van der Waals surface area contributed by atoms with E-state index in [1.165, 1.54) is 4.90 Å². The molecule has 0 saturated carbocycles. The third-order valence-corrected chi connectivity index (χ3v) is 5.70. The van der Waals surface area contributed by atoms with E-state index in [4.69, 9.17) is 0 Å². The van der Waals surface area contributed by atoms with E-state index in [9.17, 15) is 19.2 Å². The summed E-state index contributed by atoms with van der Waals surface area (Å²) in [6.45, 7) is 0.723. The number of imide groups is 1. The van der Waals surface area contributed by atoms with E-state index in [1.54, 1.807) is 17.0 Å². The molecule has 7 nitrogen and oxygen atoms in total. The van der Waals surface area contributed by atoms with Crippen LogP contribution in [0.1, 0.15) is 32.1 Å². The number of fused-ring (bicyclic) bond motifs is 1. The van der Waals surface area contributed by atoms with Crippen molar-refractivity contribution in [2.75, 3.05) is 23.3 Å². The minimum atomic E-state index is -0.285. The van der Waals surface area contributed by atoms with Crippen LogP contribution in [-0.4, -0.2) is 41.6 Å². The monoisotopic (exact) mass is 381 g/mol. The zero-order chi connectivity index (χ0) is 19.7. The molecule has 0 bridgehead atoms. The second-order valence-electron chi connectivity index (χ2n) is 7.45. The lowest BCUT2D eigenvalue weighted by atomic mass is 9.85. The van der Waals surface area contributed by atoms with Gasteiger partial charge in [0, 0.05) is 25.9 Å². The number of hydrogen-bond acceptors (Lipinski definition) is 4. The number of para-hydroxylation sites is 2. The fourth-order valence-electron chi connectivity index (χ4n) is 4.23. The Hall–Kier alpha value is -2.96. The first kappa shape index (κ1) is 18.4. The van der Waals surface area contributed by atoms with Crippen LogP contribution < -0.4 is 10.2 Å². The molecule has 2 fully saturated rings. The Kier molecular flexibility index (Phi) is 4.98. The molecule has 28 heavy (non-hydrogen) atoms. The van der Waals surface area contributed by atoms with Crippen molar-refractivity contribution in [1.29, 1.82) is 0 Å². The lowest BCUT2D eigenvalue weighted by Crippen LogP contribution is -2.34. The van der Waals surface area contributed by atoms with Crippen LogP contribution in [-0.2, 0) is 19.2 Å². The molecule has 7 heteroatoms. The van der Waals surface area contributed by atoms with Gasteiger partial charge in [0.25, 0.3) is 0 Å². The first-order valence-electron chi connectivity index (χ1n) is 9.75. The third-order valence-electron chi connectivity index (χ3n) is 5.70. The molecule has 2 heterocycles. The molecular weight excluding hydrogens is 358 g/mol. The minimum Gasteiger partial charge on any atom is -0.324 e. The van der Waals surface area contributed by atoms with Crippen molar-refractivity contribution in [1.82, 2.24) is 4.90 Å². The molecule has 1 N–H and O–H groups in total. The van der Waals surface area contributed by atoms with E-state index in [0.29, 0.717) is 37.2 Å². The minimum absolute atomic E-state index is 0.0344. The van der Waals surface area contributed by atoms with Crippen molar-refractivity contribution in [3.8, 4) is 0 Å². The summed E-state index contributed by atoms with van der Waals surface area (Å²) in [7, 11) is 0. The van der Waals surface area contributed by atoms with Crippen molar-refractivity contribution >= 4 is 35.0 Å². The molecule has 1 aromatic rings. The lowest BCUT2D eigenvalue weighted by Gasteiger charge is -2.20. The number of allylic oxidation sites excluding steroid dienone is 2. The molecule has 2 saturated heterocycles. The molecule has 0 aromatic heterocycles. The predicted molar refractivity (Wildman–Crippen MR) is 103 cm³/mol. The number of hydrogen-bond donors (Lipinski definition) is 1. The fraction of sp³-hybridized carbons (Fsp3) is 0.429. The second-order valence-corrected chi connectivity index (χ2v) is 7.45. The van der Waals surface area contributed by atoms with Crippen LogP contribution in [0, 0.1) is 11.8 Å². The van der Waals surface area contributed by atoms with Crippen LogP contribution in [0.25, 0.3) is 0 Å². The quantitative estimate of drug-likeness (QED) is 0.625. The van der Waals surface area contributed by atoms with Crippen molar-refractivity contribution in [3.63, 3.8) is 0 Å². The molecule has 146 valence electrons. The summed E-state index contributed by atoms with van der Waals surface area (Å²) in [6.07, 6.45) is 6.42. The summed E-state index contributed by atoms with van der Waals surface area (Å²) in [4.78, 5) is 52.4. The third kappa shape index (κ3) is 3.32. The molecule has 1 aliphatic carbocycles. The molecular formula is C21H23N3O4. The number of rotatable bonds is 5. The average molecular weight is 381 g/mol. The Labute approximate surface area is 163 Å². The molecule has 0 radical (unpaired) electrons. The van der Waals surface area contributed by atoms with Gasteiger partial charge in [-0.2, -0.15) is 0 Å². The fourth-order valence-corrected chi connectivity index (χ4v) is 4.23. The highest BCUT2D eigenvalue weighted by molar-refractivity contribution is 6.06. The first-order valence-corrected chi connectivity index (χ1v) is 9.75. The summed E-state index contributed by atoms with van der Waals surface area (Å²) in [5, 5.41) is 2.83. The molecule has 3 aliphatic rings. The van der Waals surface area contributed by atoms with Crippen LogP contribution in [0.2, 0.25) is 0 Å². The highest BCUT2D eigenvalue weighted by Crippen LogP contribution is 2.35. The van der Waals surface area contributed by atoms with Gasteiger partial charge in [-0.25, -0.2) is 0 Å². The van der Waals surface area contributed by atoms with E-state index in [1.807, 2.05) is 24.3 Å². The van der Waals surface area contributed by atoms with Gasteiger partial charge >= 0.3 is 0 Å². The molecule has 2 aliphatic heterocycles. The summed E-state index contributed by atoms with van der Waals surface area (Å²) < 4.78 is 0. The Morgan fingerprint density at radius 2 is 1.71 bits per heavy atom. The summed E-state index contributed by atoms with van der Waals surface area (Å²) in [5.41, 5.74) is 1.25. The van der Waals surface area contributed by atoms with Crippen LogP contribution in [0.3, 0.4) is 0 Å². The van der Waals surface area contributed by atoms with Crippen molar-refractivity contribution in [2.45, 2.75) is 32.1 Å². The number of carbonyl (C=O) groups excluding carboxylic acids is 4. The van der Waals surface area contributed by atoms with Crippen molar-refractivity contribution in [2.24, 2.45) is 11.8 Å². The van der Waals surface area contributed by atoms with Crippen LogP contribution in [0.15, 0.2) is 36.4 Å². The summed E-state index contributed by atoms with van der Waals surface area (Å²) in [6, 6.07) is 7.19. The largest absolute Gasteiger partial charge is 0.324 e. The van der Waals surface area contributed by atoms with Gasteiger partial charge in [-0.3, -0.25) is 24.1 Å². The van der Waals surface area contributed by atoms with E-state index in [0.717, 1.165) is 6.42 Å². The maximum atomic E-state index is 12.5. The molecule has 0 spiro atoms. The Morgan fingerprint density at radius 3 is 2.36 bits per heavy atom. The highest BCUT2D eigenvalue weighted by Gasteiger charge is 2.46. The number of nitrogens with one attached hydrogen (secondary N) is 1. The SMILES string of the molecule is O=C(CCN1C(=O)[C@H]2CC=CC[C@H]2C1=O)Nc1ccccc1N1CCCC1=O. The van der Waals surface area contributed by atoms with Gasteiger partial charge in [-0.05, 0) is 31.4 Å². The number of likely N-dealkylation sites (tertiary alicyclic amines) is 1. The van der Waals surface area contributed by atoms with Gasteiger partial charge in [-0.1, -0.05) is 24.3 Å². The van der Waals surface area contributed by atoms with E-state index in [2.05, 4.69) is 5.32 Å². The van der Waals surface area contributed by atoms with Crippen molar-refractivity contribution in [3.05, 3.63) is 36.4 Å². The zero-order valence-corrected chi connectivity index (χ0v) is 15.6. The van der Waals surface area contributed by atoms with E-state index < -0.39 is 0 Å². The highest BCUT2D eigenvalue weighted by atomic mass is 16.2. The van der Waals surface area contributed by atoms with Gasteiger partial charge in [0.2, 0.25) is 23.6 Å². The van der Waals surface area contributed by atoms with Gasteiger partial charge in [0.05, 0.1) is 23.2 Å². The average Bonchev–Trinajstić information content (AvgIpc) is 3.23. The Morgan fingerprint density at radius 1 is 1.04 bits per heavy atom. The molecule has 4 amide bonds. The topological polar surface area (TPSA) is 86.8 Å². The van der Waals surface area contributed by atoms with Crippen LogP contribution in [0.4, 0.5) is 11.4 Å². The maximum Gasteiger partial charge on any atom is 0.233 e. The van der Waals surface area contributed by atoms with Crippen LogP contribution >= 0.6 is 0 Å². The standard InChI is InChI=1S/C21H23N3O4/c25-18(11-13-24-20(27)14-6-1-2-7-15(14)21(24)28)22-16-8-3-4-9-17(16)23-12-5-10-19(23)26/h1-4,8-9,14-15H,5-7,10-13H2,(H,22,25)/t14-,15+. The predicted octanol–water partition coefficient (Wildman–Crippen LogP) is 2.09.